The van der Waals surface area contributed by atoms with E-state index in [0.717, 1.165) is 21.6 Å². The van der Waals surface area contributed by atoms with Crippen LogP contribution in [0, 0.1) is 11.3 Å². The fraction of sp³-hybridized carbons (Fsp3) is 0.200. The number of hydrogen-bond donors (Lipinski definition) is 1. The van der Waals surface area contributed by atoms with Crippen LogP contribution >= 0.6 is 11.3 Å². The van der Waals surface area contributed by atoms with E-state index in [1.807, 2.05) is 42.5 Å². The molecule has 0 unspecified atom stereocenters. The van der Waals surface area contributed by atoms with Crippen molar-refractivity contribution in [3.8, 4) is 6.07 Å². The summed E-state index contributed by atoms with van der Waals surface area (Å²) in [6.45, 7) is 1.11. The highest BCUT2D eigenvalue weighted by atomic mass is 32.1. The molecule has 0 atom stereocenters. The van der Waals surface area contributed by atoms with Crippen LogP contribution in [0.1, 0.15) is 27.1 Å². The topological polar surface area (TPSA) is 95.3 Å². The smallest absolute Gasteiger partial charge is 0.410 e. The lowest BCUT2D eigenvalue weighted by Gasteiger charge is -2.26. The van der Waals surface area contributed by atoms with E-state index < -0.39 is 0 Å². The monoisotopic (exact) mass is 458 g/mol. The first-order valence-corrected chi connectivity index (χ1v) is 11.3. The number of anilines is 1. The molecule has 0 radical (unpaired) electrons. The van der Waals surface area contributed by atoms with Crippen LogP contribution in [0.2, 0.25) is 0 Å². The van der Waals surface area contributed by atoms with Gasteiger partial charge in [0.05, 0.1) is 18.7 Å². The molecule has 1 aliphatic rings. The van der Waals surface area contributed by atoms with Crippen LogP contribution in [0.25, 0.3) is 6.08 Å². The Kier molecular flexibility index (Phi) is 7.12. The Hall–Kier alpha value is -3.96. The van der Waals surface area contributed by atoms with Crippen LogP contribution < -0.4 is 5.32 Å². The van der Waals surface area contributed by atoms with Gasteiger partial charge in [-0.05, 0) is 41.3 Å². The van der Waals surface area contributed by atoms with Crippen molar-refractivity contribution in [1.29, 1.82) is 5.26 Å². The predicted octanol–water partition coefficient (Wildman–Crippen LogP) is 4.40. The Morgan fingerprint density at radius 3 is 2.76 bits per heavy atom. The third kappa shape index (κ3) is 5.64. The zero-order valence-corrected chi connectivity index (χ0v) is 18.7. The molecule has 2 aromatic heterocycles. The number of carbonyl (C=O) groups excluding carboxylic acids is 2. The van der Waals surface area contributed by atoms with E-state index in [0.29, 0.717) is 36.5 Å². The van der Waals surface area contributed by atoms with Gasteiger partial charge in [0.1, 0.15) is 11.1 Å². The van der Waals surface area contributed by atoms with Crippen molar-refractivity contribution in [3.05, 3.63) is 88.1 Å². The number of pyridine rings is 1. The lowest BCUT2D eigenvalue weighted by molar-refractivity contribution is -0.111. The maximum atomic E-state index is 12.5. The molecule has 0 bridgehead atoms. The van der Waals surface area contributed by atoms with Crippen LogP contribution in [0.5, 0.6) is 0 Å². The Bertz CT molecular complexity index is 1200. The van der Waals surface area contributed by atoms with E-state index in [-0.39, 0.29) is 18.6 Å². The number of nitrogens with zero attached hydrogens (tertiary/aromatic N) is 3. The largest absolute Gasteiger partial charge is 0.449 e. The molecule has 7 nitrogen and oxygen atoms in total. The molecule has 3 heterocycles. The number of nitriles is 1. The average Bonchev–Trinajstić information content (AvgIpc) is 3.20. The number of aromatic nitrogens is 1. The molecule has 0 spiro atoms. The van der Waals surface area contributed by atoms with Gasteiger partial charge < -0.3 is 15.0 Å². The molecule has 33 heavy (non-hydrogen) atoms. The molecule has 2 amide bonds. The lowest BCUT2D eigenvalue weighted by atomic mass is 10.0. The number of hydrogen-bond acceptors (Lipinski definition) is 6. The van der Waals surface area contributed by atoms with Gasteiger partial charge in [-0.2, -0.15) is 5.26 Å². The second kappa shape index (κ2) is 10.6. The van der Waals surface area contributed by atoms with Crippen molar-refractivity contribution in [2.24, 2.45) is 0 Å². The second-order valence-electron chi connectivity index (χ2n) is 7.44. The second-order valence-corrected chi connectivity index (χ2v) is 8.55. The van der Waals surface area contributed by atoms with Gasteiger partial charge in [-0.25, -0.2) is 4.79 Å². The predicted molar refractivity (Wildman–Crippen MR) is 127 cm³/mol. The molecule has 0 saturated heterocycles. The zero-order chi connectivity index (χ0) is 23.0. The minimum Gasteiger partial charge on any atom is -0.449 e. The Morgan fingerprint density at radius 2 is 2.00 bits per heavy atom. The SMILES string of the molecule is N#Cc1c(NC(=O)C=Cc2ccccc2)sc2c1CCN(C(=O)OCCc1ccncc1)C2. The van der Waals surface area contributed by atoms with Gasteiger partial charge in [-0.3, -0.25) is 9.78 Å². The zero-order valence-electron chi connectivity index (χ0n) is 17.9. The summed E-state index contributed by atoms with van der Waals surface area (Å²) in [4.78, 5) is 31.4. The molecular formula is C25H22N4O3S. The molecule has 4 rings (SSSR count). The minimum atomic E-state index is -0.377. The molecule has 8 heteroatoms. The molecule has 1 N–H and O–H groups in total. The van der Waals surface area contributed by atoms with Crippen molar-refractivity contribution >= 4 is 34.4 Å². The van der Waals surface area contributed by atoms with E-state index in [4.69, 9.17) is 4.74 Å². The van der Waals surface area contributed by atoms with Crippen LogP contribution in [0.15, 0.2) is 60.9 Å². The highest BCUT2D eigenvalue weighted by Crippen LogP contribution is 2.36. The number of carbonyl (C=O) groups is 2. The normalized spacial score (nSPS) is 12.8. The summed E-state index contributed by atoms with van der Waals surface area (Å²) in [6, 6.07) is 15.5. The van der Waals surface area contributed by atoms with Crippen molar-refractivity contribution in [2.45, 2.75) is 19.4 Å². The first-order chi connectivity index (χ1) is 16.1. The summed E-state index contributed by atoms with van der Waals surface area (Å²) in [5.74, 6) is -0.304. The Balaban J connectivity index is 1.37. The van der Waals surface area contributed by atoms with Crippen molar-refractivity contribution in [1.82, 2.24) is 9.88 Å². The highest BCUT2D eigenvalue weighted by molar-refractivity contribution is 7.16. The summed E-state index contributed by atoms with van der Waals surface area (Å²) >= 11 is 1.33. The van der Waals surface area contributed by atoms with Crippen molar-refractivity contribution in [3.63, 3.8) is 0 Å². The molecule has 0 saturated carbocycles. The van der Waals surface area contributed by atoms with E-state index in [1.165, 1.54) is 17.4 Å². The molecule has 1 aromatic carbocycles. The molecule has 166 valence electrons. The Morgan fingerprint density at radius 1 is 1.21 bits per heavy atom. The molecule has 3 aromatic rings. The highest BCUT2D eigenvalue weighted by Gasteiger charge is 2.28. The number of fused-ring (bicyclic) bond motifs is 1. The molecule has 0 aliphatic carbocycles. The van der Waals surface area contributed by atoms with Crippen LogP contribution in [0.4, 0.5) is 9.80 Å². The summed E-state index contributed by atoms with van der Waals surface area (Å²) < 4.78 is 5.43. The maximum absolute atomic E-state index is 12.5. The van der Waals surface area contributed by atoms with Gasteiger partial charge in [0.15, 0.2) is 0 Å². The van der Waals surface area contributed by atoms with Gasteiger partial charge in [0.25, 0.3) is 0 Å². The number of nitrogens with one attached hydrogen (secondary N) is 1. The van der Waals surface area contributed by atoms with Crippen molar-refractivity contribution in [2.75, 3.05) is 18.5 Å². The first kappa shape index (κ1) is 22.2. The average molecular weight is 459 g/mol. The number of ether oxygens (including phenoxy) is 1. The van der Waals surface area contributed by atoms with Gasteiger partial charge in [0, 0.05) is 36.3 Å². The van der Waals surface area contributed by atoms with Gasteiger partial charge in [-0.15, -0.1) is 11.3 Å². The van der Waals surface area contributed by atoms with E-state index >= 15 is 0 Å². The molecular weight excluding hydrogens is 436 g/mol. The lowest BCUT2D eigenvalue weighted by Crippen LogP contribution is -2.36. The first-order valence-electron chi connectivity index (χ1n) is 10.5. The maximum Gasteiger partial charge on any atom is 0.410 e. The van der Waals surface area contributed by atoms with Gasteiger partial charge >= 0.3 is 6.09 Å². The fourth-order valence-electron chi connectivity index (χ4n) is 3.55. The van der Waals surface area contributed by atoms with Crippen LogP contribution in [0.3, 0.4) is 0 Å². The number of thiophene rings is 1. The fourth-order valence-corrected chi connectivity index (χ4v) is 4.77. The Labute approximate surface area is 195 Å². The molecule has 0 fully saturated rings. The van der Waals surface area contributed by atoms with Crippen LogP contribution in [-0.2, 0) is 28.9 Å². The van der Waals surface area contributed by atoms with Crippen molar-refractivity contribution < 1.29 is 14.3 Å². The summed E-state index contributed by atoms with van der Waals surface area (Å²) in [5, 5.41) is 13.0. The number of amides is 2. The van der Waals surface area contributed by atoms with Gasteiger partial charge in [0.2, 0.25) is 5.91 Å². The van der Waals surface area contributed by atoms with E-state index in [9.17, 15) is 14.9 Å². The third-order valence-corrected chi connectivity index (χ3v) is 6.39. The quantitative estimate of drug-likeness (QED) is 0.552. The summed E-state index contributed by atoms with van der Waals surface area (Å²) in [5.41, 5.74) is 3.34. The number of rotatable bonds is 6. The van der Waals surface area contributed by atoms with Crippen LogP contribution in [-0.4, -0.2) is 35.0 Å². The van der Waals surface area contributed by atoms with Gasteiger partial charge in [-0.1, -0.05) is 30.3 Å². The van der Waals surface area contributed by atoms with E-state index in [2.05, 4.69) is 16.4 Å². The standard InChI is InChI=1S/C25H22N4O3S/c26-16-21-20-10-14-29(25(31)32-15-11-19-8-12-27-13-9-19)17-22(20)33-24(21)28-23(30)7-6-18-4-2-1-3-5-18/h1-9,12-13H,10-11,14-15,17H2,(H,28,30). The minimum absolute atomic E-state index is 0.287. The van der Waals surface area contributed by atoms with E-state index in [1.54, 1.807) is 23.4 Å². The third-order valence-electron chi connectivity index (χ3n) is 5.26. The number of benzene rings is 1. The molecule has 1 aliphatic heterocycles. The summed E-state index contributed by atoms with van der Waals surface area (Å²) in [6.07, 6.45) is 7.38. The summed E-state index contributed by atoms with van der Waals surface area (Å²) in [7, 11) is 0.